The van der Waals surface area contributed by atoms with E-state index in [9.17, 15) is 0 Å². The lowest BCUT2D eigenvalue weighted by Crippen LogP contribution is -2.65. The van der Waals surface area contributed by atoms with Crippen LogP contribution in [0.2, 0.25) is 0 Å². The fourth-order valence-corrected chi connectivity index (χ4v) is 5.57. The Morgan fingerprint density at radius 2 is 2.00 bits per heavy atom. The van der Waals surface area contributed by atoms with Gasteiger partial charge in [-0.05, 0) is 49.4 Å². The summed E-state index contributed by atoms with van der Waals surface area (Å²) < 4.78 is 12.7. The van der Waals surface area contributed by atoms with Gasteiger partial charge in [0, 0.05) is 0 Å². The molecule has 4 saturated carbocycles. The third-order valence-corrected chi connectivity index (χ3v) is 7.43. The molecule has 2 nitrogen and oxygen atoms in total. The summed E-state index contributed by atoms with van der Waals surface area (Å²) in [6.07, 6.45) is 7.86. The lowest BCUT2D eigenvalue weighted by Gasteiger charge is -2.64. The third kappa shape index (κ3) is 1.78. The SMILES string of the molecule is CC1(C)C2CC3OB(C(Cl)CC4CCC4)OC3(C)C1C2. The second kappa shape index (κ2) is 4.39. The topological polar surface area (TPSA) is 18.5 Å². The molecule has 4 aliphatic carbocycles. The van der Waals surface area contributed by atoms with Crippen LogP contribution in [-0.4, -0.2) is 24.1 Å². The van der Waals surface area contributed by atoms with E-state index in [1.807, 2.05) is 0 Å². The zero-order chi connectivity index (χ0) is 14.1. The first-order chi connectivity index (χ1) is 9.41. The van der Waals surface area contributed by atoms with Gasteiger partial charge in [0.15, 0.2) is 0 Å². The Bertz CT molecular complexity index is 411. The highest BCUT2D eigenvalue weighted by atomic mass is 35.5. The van der Waals surface area contributed by atoms with Gasteiger partial charge < -0.3 is 9.31 Å². The lowest BCUT2D eigenvalue weighted by molar-refractivity contribution is -0.199. The summed E-state index contributed by atoms with van der Waals surface area (Å²) in [5.74, 6) is 2.26. The molecule has 1 saturated heterocycles. The molecule has 4 heteroatoms. The molecule has 0 aromatic carbocycles. The Labute approximate surface area is 128 Å². The molecule has 0 spiro atoms. The van der Waals surface area contributed by atoms with Crippen molar-refractivity contribution in [2.24, 2.45) is 23.2 Å². The molecule has 0 aromatic rings. The van der Waals surface area contributed by atoms with Crippen LogP contribution in [0, 0.1) is 23.2 Å². The van der Waals surface area contributed by atoms with Gasteiger partial charge in [-0.15, -0.1) is 11.6 Å². The molecule has 5 atom stereocenters. The molecule has 0 N–H and O–H groups in total. The minimum absolute atomic E-state index is 0.0306. The monoisotopic (exact) mass is 296 g/mol. The summed E-state index contributed by atoms with van der Waals surface area (Å²) in [7, 11) is -0.178. The molecule has 0 amide bonds. The Morgan fingerprint density at radius 1 is 1.25 bits per heavy atom. The maximum absolute atomic E-state index is 6.60. The van der Waals surface area contributed by atoms with Crippen molar-refractivity contribution in [2.45, 2.75) is 76.3 Å². The van der Waals surface area contributed by atoms with Gasteiger partial charge in [-0.3, -0.25) is 0 Å². The van der Waals surface area contributed by atoms with Crippen molar-refractivity contribution >= 4 is 18.7 Å². The molecule has 112 valence electrons. The summed E-state index contributed by atoms with van der Waals surface area (Å²) >= 11 is 6.60. The van der Waals surface area contributed by atoms with Crippen molar-refractivity contribution in [3.8, 4) is 0 Å². The summed E-state index contributed by atoms with van der Waals surface area (Å²) in [6, 6.07) is 0. The average Bonchev–Trinajstić information content (AvgIpc) is 2.70. The van der Waals surface area contributed by atoms with Crippen LogP contribution in [0.4, 0.5) is 0 Å². The predicted molar refractivity (Wildman–Crippen MR) is 81.7 cm³/mol. The minimum Gasteiger partial charge on any atom is -0.404 e. The summed E-state index contributed by atoms with van der Waals surface area (Å²) in [6.45, 7) is 7.07. The first-order valence-corrected chi connectivity index (χ1v) is 8.82. The van der Waals surface area contributed by atoms with Crippen LogP contribution in [0.25, 0.3) is 0 Å². The number of halogens is 1. The highest BCUT2D eigenvalue weighted by molar-refractivity contribution is 6.59. The van der Waals surface area contributed by atoms with Gasteiger partial charge in [-0.2, -0.15) is 0 Å². The van der Waals surface area contributed by atoms with Crippen LogP contribution in [-0.2, 0) is 9.31 Å². The van der Waals surface area contributed by atoms with Crippen molar-refractivity contribution in [3.63, 3.8) is 0 Å². The van der Waals surface area contributed by atoms with Crippen LogP contribution < -0.4 is 0 Å². The summed E-state index contributed by atoms with van der Waals surface area (Å²) in [4.78, 5) is 0. The Morgan fingerprint density at radius 3 is 2.60 bits per heavy atom. The molecule has 5 rings (SSSR count). The van der Waals surface area contributed by atoms with E-state index in [-0.39, 0.29) is 24.1 Å². The Kier molecular flexibility index (Phi) is 3.06. The van der Waals surface area contributed by atoms with Gasteiger partial charge in [-0.25, -0.2) is 0 Å². The molecule has 2 bridgehead atoms. The number of alkyl halides is 1. The van der Waals surface area contributed by atoms with Gasteiger partial charge in [0.05, 0.1) is 17.0 Å². The van der Waals surface area contributed by atoms with Crippen molar-refractivity contribution in [1.29, 1.82) is 0 Å². The Hall–Kier alpha value is 0.275. The van der Waals surface area contributed by atoms with Crippen molar-refractivity contribution in [1.82, 2.24) is 0 Å². The van der Waals surface area contributed by atoms with Crippen LogP contribution in [0.5, 0.6) is 0 Å². The van der Waals surface area contributed by atoms with E-state index in [4.69, 9.17) is 20.9 Å². The molecular weight excluding hydrogens is 270 g/mol. The molecule has 1 heterocycles. The van der Waals surface area contributed by atoms with Crippen LogP contribution in [0.15, 0.2) is 0 Å². The van der Waals surface area contributed by atoms with E-state index in [2.05, 4.69) is 20.8 Å². The highest BCUT2D eigenvalue weighted by Gasteiger charge is 2.68. The number of hydrogen-bond acceptors (Lipinski definition) is 2. The molecule has 0 aromatic heterocycles. The fraction of sp³-hybridized carbons (Fsp3) is 1.00. The molecule has 0 radical (unpaired) electrons. The third-order valence-electron chi connectivity index (χ3n) is 7.05. The summed E-state index contributed by atoms with van der Waals surface area (Å²) in [5, 5.41) is 0.0306. The highest BCUT2D eigenvalue weighted by Crippen LogP contribution is 2.65. The molecular formula is C16H26BClO2. The largest absolute Gasteiger partial charge is 0.476 e. The molecule has 1 aliphatic heterocycles. The molecule has 5 unspecified atom stereocenters. The average molecular weight is 297 g/mol. The first-order valence-electron chi connectivity index (χ1n) is 8.38. The predicted octanol–water partition coefficient (Wildman–Crippen LogP) is 4.05. The van der Waals surface area contributed by atoms with E-state index >= 15 is 0 Å². The number of rotatable bonds is 3. The zero-order valence-corrected chi connectivity index (χ0v) is 13.7. The molecule has 20 heavy (non-hydrogen) atoms. The second-order valence-electron chi connectivity index (χ2n) is 8.39. The van der Waals surface area contributed by atoms with E-state index in [0.29, 0.717) is 11.3 Å². The van der Waals surface area contributed by atoms with Gasteiger partial charge in [0.2, 0.25) is 0 Å². The van der Waals surface area contributed by atoms with E-state index in [1.54, 1.807) is 0 Å². The van der Waals surface area contributed by atoms with Crippen molar-refractivity contribution < 1.29 is 9.31 Å². The van der Waals surface area contributed by atoms with Crippen LogP contribution >= 0.6 is 11.6 Å². The maximum atomic E-state index is 6.60. The van der Waals surface area contributed by atoms with Gasteiger partial charge in [0.1, 0.15) is 0 Å². The summed E-state index contributed by atoms with van der Waals surface area (Å²) in [5.41, 5.74) is 0.314. The fourth-order valence-electron chi connectivity index (χ4n) is 5.21. The molecule has 5 fully saturated rings. The van der Waals surface area contributed by atoms with Gasteiger partial charge >= 0.3 is 7.12 Å². The lowest BCUT2D eigenvalue weighted by atomic mass is 9.43. The Balaban J connectivity index is 1.46. The van der Waals surface area contributed by atoms with Crippen LogP contribution in [0.3, 0.4) is 0 Å². The maximum Gasteiger partial charge on any atom is 0.476 e. The van der Waals surface area contributed by atoms with Gasteiger partial charge in [0.25, 0.3) is 0 Å². The van der Waals surface area contributed by atoms with Crippen molar-refractivity contribution in [3.05, 3.63) is 0 Å². The van der Waals surface area contributed by atoms with E-state index < -0.39 is 0 Å². The second-order valence-corrected chi connectivity index (χ2v) is 8.95. The standard InChI is InChI=1S/C16H26BClO2/c1-15(2)11-8-12(15)16(3)13(9-11)19-17(20-16)14(18)7-10-5-4-6-10/h10-14H,4-9H2,1-3H3. The van der Waals surface area contributed by atoms with Gasteiger partial charge in [-0.1, -0.05) is 33.1 Å². The normalized spacial score (nSPS) is 47.4. The minimum atomic E-state index is -0.178. The number of hydrogen-bond donors (Lipinski definition) is 0. The quantitative estimate of drug-likeness (QED) is 0.578. The smallest absolute Gasteiger partial charge is 0.404 e. The first kappa shape index (κ1) is 13.9. The zero-order valence-electron chi connectivity index (χ0n) is 12.9. The van der Waals surface area contributed by atoms with Crippen molar-refractivity contribution in [2.75, 3.05) is 0 Å². The molecule has 5 aliphatic rings. The van der Waals surface area contributed by atoms with Crippen LogP contribution in [0.1, 0.15) is 59.3 Å². The van der Waals surface area contributed by atoms with E-state index in [0.717, 1.165) is 24.7 Å². The van der Waals surface area contributed by atoms with E-state index in [1.165, 1.54) is 25.7 Å².